The highest BCUT2D eigenvalue weighted by atomic mass is 16.4. The maximum absolute atomic E-state index is 12.4. The van der Waals surface area contributed by atoms with Gasteiger partial charge in [0.25, 0.3) is 0 Å². The fourth-order valence-electron chi connectivity index (χ4n) is 2.92. The van der Waals surface area contributed by atoms with Crippen LogP contribution in [0.25, 0.3) is 0 Å². The third-order valence-electron chi connectivity index (χ3n) is 4.28. The first-order valence-corrected chi connectivity index (χ1v) is 7.63. The zero-order chi connectivity index (χ0) is 15.2. The number of carboxylic acids is 1. The van der Waals surface area contributed by atoms with Crippen molar-refractivity contribution in [2.45, 2.75) is 45.1 Å². The van der Waals surface area contributed by atoms with Gasteiger partial charge in [-0.05, 0) is 37.2 Å². The maximum Gasteiger partial charge on any atom is 0.305 e. The van der Waals surface area contributed by atoms with Crippen molar-refractivity contribution in [1.29, 1.82) is 0 Å². The van der Waals surface area contributed by atoms with Crippen LogP contribution in [0.1, 0.15) is 50.6 Å². The normalized spacial score (nSPS) is 23.3. The number of carbonyl (C=O) groups is 2. The Balaban J connectivity index is 2.01. The van der Waals surface area contributed by atoms with E-state index in [-0.39, 0.29) is 18.2 Å². The molecule has 2 rings (SSSR count). The quantitative estimate of drug-likeness (QED) is 0.875. The highest BCUT2D eigenvalue weighted by Crippen LogP contribution is 2.29. The van der Waals surface area contributed by atoms with Crippen LogP contribution in [-0.2, 0) is 9.59 Å². The number of carbonyl (C=O) groups excluding carboxylic acids is 1. The molecule has 0 spiro atoms. The van der Waals surface area contributed by atoms with E-state index in [2.05, 4.69) is 12.2 Å². The Morgan fingerprint density at radius 1 is 1.19 bits per heavy atom. The van der Waals surface area contributed by atoms with Gasteiger partial charge in [0.2, 0.25) is 5.91 Å². The molecule has 1 aliphatic carbocycles. The first-order valence-electron chi connectivity index (χ1n) is 7.63. The molecule has 4 nitrogen and oxygen atoms in total. The molecular formula is C17H23NO3. The average molecular weight is 289 g/mol. The second-order valence-electron chi connectivity index (χ2n) is 6.03. The van der Waals surface area contributed by atoms with E-state index in [1.807, 2.05) is 30.3 Å². The van der Waals surface area contributed by atoms with Crippen LogP contribution in [0.2, 0.25) is 0 Å². The van der Waals surface area contributed by atoms with Crippen molar-refractivity contribution in [1.82, 2.24) is 5.32 Å². The Morgan fingerprint density at radius 2 is 1.81 bits per heavy atom. The summed E-state index contributed by atoms with van der Waals surface area (Å²) in [5.74, 6) is -0.183. The van der Waals surface area contributed by atoms with E-state index in [9.17, 15) is 9.59 Å². The van der Waals surface area contributed by atoms with Gasteiger partial charge in [0.05, 0.1) is 12.5 Å². The average Bonchev–Trinajstić information content (AvgIpc) is 2.47. The van der Waals surface area contributed by atoms with Gasteiger partial charge in [0.1, 0.15) is 0 Å². The Bertz CT molecular complexity index is 478. The Kier molecular flexibility index (Phi) is 5.37. The summed E-state index contributed by atoms with van der Waals surface area (Å²) < 4.78 is 0. The van der Waals surface area contributed by atoms with Gasteiger partial charge in [-0.1, -0.05) is 37.3 Å². The number of hydrogen-bond acceptors (Lipinski definition) is 2. The van der Waals surface area contributed by atoms with Crippen LogP contribution in [-0.4, -0.2) is 17.0 Å². The number of nitrogens with one attached hydrogen (secondary N) is 1. The molecule has 0 aromatic heterocycles. The van der Waals surface area contributed by atoms with Crippen LogP contribution in [0, 0.1) is 11.8 Å². The smallest absolute Gasteiger partial charge is 0.305 e. The van der Waals surface area contributed by atoms with Crippen LogP contribution in [0.15, 0.2) is 30.3 Å². The molecule has 114 valence electrons. The van der Waals surface area contributed by atoms with Crippen molar-refractivity contribution < 1.29 is 14.7 Å². The first kappa shape index (κ1) is 15.5. The Hall–Kier alpha value is -1.84. The molecule has 1 amide bonds. The van der Waals surface area contributed by atoms with Crippen molar-refractivity contribution >= 4 is 11.9 Å². The molecule has 0 saturated heterocycles. The monoisotopic (exact) mass is 289 g/mol. The highest BCUT2D eigenvalue weighted by molar-refractivity contribution is 5.80. The number of aliphatic carboxylic acids is 1. The molecule has 1 saturated carbocycles. The molecule has 4 heteroatoms. The van der Waals surface area contributed by atoms with E-state index in [1.54, 1.807) is 0 Å². The van der Waals surface area contributed by atoms with Crippen LogP contribution in [0.3, 0.4) is 0 Å². The summed E-state index contributed by atoms with van der Waals surface area (Å²) in [6.45, 7) is 2.21. The zero-order valence-corrected chi connectivity index (χ0v) is 12.4. The van der Waals surface area contributed by atoms with Crippen molar-refractivity contribution in [2.75, 3.05) is 0 Å². The van der Waals surface area contributed by atoms with Gasteiger partial charge in [0, 0.05) is 5.92 Å². The van der Waals surface area contributed by atoms with E-state index < -0.39 is 12.0 Å². The third kappa shape index (κ3) is 4.59. The van der Waals surface area contributed by atoms with E-state index in [0.717, 1.165) is 31.2 Å². The summed E-state index contributed by atoms with van der Waals surface area (Å²) in [7, 11) is 0. The van der Waals surface area contributed by atoms with E-state index in [1.165, 1.54) is 0 Å². The van der Waals surface area contributed by atoms with Crippen molar-refractivity contribution in [2.24, 2.45) is 11.8 Å². The maximum atomic E-state index is 12.4. The lowest BCUT2D eigenvalue weighted by Gasteiger charge is -2.27. The number of benzene rings is 1. The van der Waals surface area contributed by atoms with Gasteiger partial charge in [0.15, 0.2) is 0 Å². The van der Waals surface area contributed by atoms with Gasteiger partial charge in [-0.15, -0.1) is 0 Å². The minimum atomic E-state index is -0.901. The first-order chi connectivity index (χ1) is 10.1. The molecule has 0 radical (unpaired) electrons. The van der Waals surface area contributed by atoms with E-state index >= 15 is 0 Å². The lowest BCUT2D eigenvalue weighted by atomic mass is 9.82. The number of carboxylic acid groups (broad SMARTS) is 1. The molecule has 0 heterocycles. The topological polar surface area (TPSA) is 66.4 Å². The standard InChI is InChI=1S/C17H23NO3/c1-12-7-9-14(10-8-12)17(21)18-15(11-16(19)20)13-5-3-2-4-6-13/h2-6,12,14-15H,7-11H2,1H3,(H,18,21)(H,19,20). The largest absolute Gasteiger partial charge is 0.481 e. The predicted octanol–water partition coefficient (Wildman–Crippen LogP) is 3.14. The predicted molar refractivity (Wildman–Crippen MR) is 80.7 cm³/mol. The summed E-state index contributed by atoms with van der Waals surface area (Å²) in [6, 6.07) is 8.87. The minimum absolute atomic E-state index is 0.00277. The van der Waals surface area contributed by atoms with Crippen molar-refractivity contribution in [3.8, 4) is 0 Å². The minimum Gasteiger partial charge on any atom is -0.481 e. The molecule has 1 unspecified atom stereocenters. The third-order valence-corrected chi connectivity index (χ3v) is 4.28. The van der Waals surface area contributed by atoms with Crippen molar-refractivity contribution in [3.63, 3.8) is 0 Å². The molecule has 1 aromatic rings. The molecule has 2 N–H and O–H groups in total. The van der Waals surface area contributed by atoms with Crippen LogP contribution >= 0.6 is 0 Å². The van der Waals surface area contributed by atoms with Gasteiger partial charge in [-0.2, -0.15) is 0 Å². The summed E-state index contributed by atoms with van der Waals surface area (Å²) in [4.78, 5) is 23.4. The SMILES string of the molecule is CC1CCC(C(=O)NC(CC(=O)O)c2ccccc2)CC1. The van der Waals surface area contributed by atoms with E-state index in [4.69, 9.17) is 5.11 Å². The summed E-state index contributed by atoms with van der Waals surface area (Å²) in [6.07, 6.45) is 3.88. The second kappa shape index (κ2) is 7.25. The zero-order valence-electron chi connectivity index (χ0n) is 12.4. The molecule has 1 atom stereocenters. The van der Waals surface area contributed by atoms with Gasteiger partial charge in [-0.3, -0.25) is 9.59 Å². The Labute approximate surface area is 125 Å². The number of rotatable bonds is 5. The van der Waals surface area contributed by atoms with Crippen molar-refractivity contribution in [3.05, 3.63) is 35.9 Å². The molecule has 1 aromatic carbocycles. The molecule has 0 bridgehead atoms. The van der Waals surface area contributed by atoms with Crippen LogP contribution in [0.5, 0.6) is 0 Å². The highest BCUT2D eigenvalue weighted by Gasteiger charge is 2.27. The van der Waals surface area contributed by atoms with Crippen LogP contribution < -0.4 is 5.32 Å². The second-order valence-corrected chi connectivity index (χ2v) is 6.03. The lowest BCUT2D eigenvalue weighted by Crippen LogP contribution is -2.36. The van der Waals surface area contributed by atoms with Gasteiger partial charge in [-0.25, -0.2) is 0 Å². The molecule has 0 aliphatic heterocycles. The molecule has 1 aliphatic rings. The van der Waals surface area contributed by atoms with Gasteiger partial charge < -0.3 is 10.4 Å². The summed E-state index contributed by atoms with van der Waals surface area (Å²) in [5.41, 5.74) is 0.845. The van der Waals surface area contributed by atoms with Crippen LogP contribution in [0.4, 0.5) is 0 Å². The fourth-order valence-corrected chi connectivity index (χ4v) is 2.92. The fraction of sp³-hybridized carbons (Fsp3) is 0.529. The molecule has 1 fully saturated rings. The molecule has 21 heavy (non-hydrogen) atoms. The van der Waals surface area contributed by atoms with E-state index in [0.29, 0.717) is 5.92 Å². The number of amides is 1. The lowest BCUT2D eigenvalue weighted by molar-refractivity contribution is -0.138. The summed E-state index contributed by atoms with van der Waals surface area (Å²) >= 11 is 0. The van der Waals surface area contributed by atoms with Gasteiger partial charge >= 0.3 is 5.97 Å². The summed E-state index contributed by atoms with van der Waals surface area (Å²) in [5, 5.41) is 12.0. The Morgan fingerprint density at radius 3 is 2.38 bits per heavy atom. The number of hydrogen-bond donors (Lipinski definition) is 2. The molecular weight excluding hydrogens is 266 g/mol.